The summed E-state index contributed by atoms with van der Waals surface area (Å²) in [6.45, 7) is 0.457. The molecule has 0 saturated carbocycles. The molecule has 1 N–H and O–H groups in total. The van der Waals surface area contributed by atoms with E-state index in [-0.39, 0.29) is 31.3 Å². The molecule has 0 spiro atoms. The van der Waals surface area contributed by atoms with Crippen LogP contribution in [0.15, 0.2) is 95.6 Å². The van der Waals surface area contributed by atoms with Crippen molar-refractivity contribution in [2.45, 2.75) is 32.0 Å². The largest absolute Gasteiger partial charge is 0.497 e. The van der Waals surface area contributed by atoms with Gasteiger partial charge in [0, 0.05) is 13.0 Å². The van der Waals surface area contributed by atoms with Crippen LogP contribution in [0.3, 0.4) is 0 Å². The number of rotatable bonds is 13. The van der Waals surface area contributed by atoms with Crippen LogP contribution < -0.4 is 19.5 Å². The van der Waals surface area contributed by atoms with E-state index in [2.05, 4.69) is 5.32 Å². The second-order valence-corrected chi connectivity index (χ2v) is 9.24. The van der Waals surface area contributed by atoms with Crippen LogP contribution in [0.2, 0.25) is 0 Å². The molecule has 8 nitrogen and oxygen atoms in total. The van der Waals surface area contributed by atoms with Gasteiger partial charge in [-0.15, -0.1) is 0 Å². The number of ether oxygens (including phenoxy) is 3. The van der Waals surface area contributed by atoms with E-state index in [0.29, 0.717) is 29.4 Å². The van der Waals surface area contributed by atoms with E-state index < -0.39 is 6.04 Å². The molecule has 0 radical (unpaired) electrons. The van der Waals surface area contributed by atoms with Gasteiger partial charge in [0.2, 0.25) is 11.8 Å². The minimum atomic E-state index is -0.771. The first kappa shape index (κ1) is 28.3. The van der Waals surface area contributed by atoms with Gasteiger partial charge in [-0.25, -0.2) is 0 Å². The topological polar surface area (TPSA) is 90.2 Å². The van der Waals surface area contributed by atoms with Crippen LogP contribution in [0.1, 0.15) is 22.5 Å². The lowest BCUT2D eigenvalue weighted by Gasteiger charge is -2.31. The number of nitrogens with one attached hydrogen (secondary N) is 1. The molecule has 0 saturated heterocycles. The molecule has 208 valence electrons. The fourth-order valence-electron chi connectivity index (χ4n) is 4.45. The Balaban J connectivity index is 1.66. The Bertz CT molecular complexity index is 1370. The van der Waals surface area contributed by atoms with E-state index in [1.165, 1.54) is 0 Å². The molecule has 0 bridgehead atoms. The van der Waals surface area contributed by atoms with Crippen LogP contribution in [0, 0.1) is 0 Å². The summed E-state index contributed by atoms with van der Waals surface area (Å²) in [5.41, 5.74) is 2.56. The molecule has 40 heavy (non-hydrogen) atoms. The lowest BCUT2D eigenvalue weighted by molar-refractivity contribution is -0.140. The number of benzene rings is 3. The molecule has 3 aromatic carbocycles. The standard InChI is InChI=1S/C32H34N2O6/c1-37-26-14-11-24(12-15-26)22-34(31(35)20-25-13-16-29(38-2)30(19-25)39-3)28(18-23-8-5-4-6-9-23)32(36)33-21-27-10-7-17-40-27/h4-17,19,28H,18,20-22H2,1-3H3,(H,33,36). The summed E-state index contributed by atoms with van der Waals surface area (Å²) >= 11 is 0. The summed E-state index contributed by atoms with van der Waals surface area (Å²) in [7, 11) is 4.72. The van der Waals surface area contributed by atoms with Gasteiger partial charge in [0.1, 0.15) is 17.6 Å². The molecule has 0 aliphatic heterocycles. The molecule has 1 atom stereocenters. The summed E-state index contributed by atoms with van der Waals surface area (Å²) in [5, 5.41) is 2.96. The Hall–Kier alpha value is -4.72. The highest BCUT2D eigenvalue weighted by molar-refractivity contribution is 5.88. The zero-order chi connectivity index (χ0) is 28.3. The van der Waals surface area contributed by atoms with E-state index in [1.54, 1.807) is 56.8 Å². The van der Waals surface area contributed by atoms with Gasteiger partial charge in [-0.05, 0) is 53.1 Å². The van der Waals surface area contributed by atoms with Gasteiger partial charge in [-0.2, -0.15) is 0 Å². The third kappa shape index (κ3) is 7.44. The SMILES string of the molecule is COc1ccc(CN(C(=O)Cc2ccc(OC)c(OC)c2)C(Cc2ccccc2)C(=O)NCc2ccco2)cc1. The first-order valence-electron chi connectivity index (χ1n) is 13.0. The second-order valence-electron chi connectivity index (χ2n) is 9.24. The van der Waals surface area contributed by atoms with Crippen molar-refractivity contribution in [1.29, 1.82) is 0 Å². The third-order valence-electron chi connectivity index (χ3n) is 6.60. The second kappa shape index (κ2) is 13.9. The smallest absolute Gasteiger partial charge is 0.243 e. The van der Waals surface area contributed by atoms with Gasteiger partial charge in [-0.3, -0.25) is 9.59 Å². The molecule has 0 fully saturated rings. The van der Waals surface area contributed by atoms with Gasteiger partial charge in [0.25, 0.3) is 0 Å². The molecule has 2 amide bonds. The number of carbonyl (C=O) groups is 2. The van der Waals surface area contributed by atoms with Crippen LogP contribution >= 0.6 is 0 Å². The quantitative estimate of drug-likeness (QED) is 0.261. The number of methoxy groups -OCH3 is 3. The van der Waals surface area contributed by atoms with Crippen molar-refractivity contribution in [2.75, 3.05) is 21.3 Å². The zero-order valence-corrected chi connectivity index (χ0v) is 23.0. The van der Waals surface area contributed by atoms with Gasteiger partial charge in [0.15, 0.2) is 11.5 Å². The minimum absolute atomic E-state index is 0.0766. The average Bonchev–Trinajstić information content (AvgIpc) is 3.52. The van der Waals surface area contributed by atoms with Crippen molar-refractivity contribution in [3.05, 3.63) is 114 Å². The summed E-state index contributed by atoms with van der Waals surface area (Å²) in [5.74, 6) is 1.99. The maximum absolute atomic E-state index is 14.0. The molecule has 0 aliphatic carbocycles. The summed E-state index contributed by atoms with van der Waals surface area (Å²) < 4.78 is 21.5. The van der Waals surface area contributed by atoms with Crippen LogP contribution in [0.5, 0.6) is 17.2 Å². The highest BCUT2D eigenvalue weighted by atomic mass is 16.5. The fraction of sp³-hybridized carbons (Fsp3) is 0.250. The number of hydrogen-bond acceptors (Lipinski definition) is 6. The average molecular weight is 543 g/mol. The van der Waals surface area contributed by atoms with Crippen molar-refractivity contribution in [3.8, 4) is 17.2 Å². The molecule has 1 unspecified atom stereocenters. The Kier molecular flexibility index (Phi) is 9.83. The monoisotopic (exact) mass is 542 g/mol. The Morgan fingerprint density at radius 3 is 2.17 bits per heavy atom. The number of hydrogen-bond donors (Lipinski definition) is 1. The molecule has 8 heteroatoms. The summed E-state index contributed by atoms with van der Waals surface area (Å²) in [6.07, 6.45) is 1.98. The lowest BCUT2D eigenvalue weighted by atomic mass is 10.0. The zero-order valence-electron chi connectivity index (χ0n) is 23.0. The van der Waals surface area contributed by atoms with Crippen molar-refractivity contribution >= 4 is 11.8 Å². The summed E-state index contributed by atoms with van der Waals surface area (Å²) in [4.78, 5) is 29.3. The normalized spacial score (nSPS) is 11.4. The maximum atomic E-state index is 14.0. The van der Waals surface area contributed by atoms with Gasteiger partial charge < -0.3 is 28.8 Å². The number of amides is 2. The molecule has 1 aromatic heterocycles. The van der Waals surface area contributed by atoms with Gasteiger partial charge in [-0.1, -0.05) is 48.5 Å². The van der Waals surface area contributed by atoms with Gasteiger partial charge in [0.05, 0.1) is 40.6 Å². The maximum Gasteiger partial charge on any atom is 0.243 e. The first-order chi connectivity index (χ1) is 19.5. The minimum Gasteiger partial charge on any atom is -0.497 e. The molecular formula is C32H34N2O6. The molecule has 0 aliphatic rings. The highest BCUT2D eigenvalue weighted by Gasteiger charge is 2.30. The van der Waals surface area contributed by atoms with Crippen LogP contribution in [-0.4, -0.2) is 44.1 Å². The van der Waals surface area contributed by atoms with Crippen molar-refractivity contribution in [2.24, 2.45) is 0 Å². The van der Waals surface area contributed by atoms with E-state index >= 15 is 0 Å². The van der Waals surface area contributed by atoms with Crippen LogP contribution in [0.25, 0.3) is 0 Å². The predicted molar refractivity (Wildman–Crippen MR) is 151 cm³/mol. The molecule has 4 rings (SSSR count). The van der Waals surface area contributed by atoms with Crippen molar-refractivity contribution in [3.63, 3.8) is 0 Å². The van der Waals surface area contributed by atoms with E-state index in [1.807, 2.05) is 60.7 Å². The Morgan fingerprint density at radius 1 is 0.800 bits per heavy atom. The fourth-order valence-corrected chi connectivity index (χ4v) is 4.45. The molecule has 1 heterocycles. The number of carbonyl (C=O) groups excluding carboxylic acids is 2. The van der Waals surface area contributed by atoms with E-state index in [9.17, 15) is 9.59 Å². The Labute approximate surface area is 234 Å². The van der Waals surface area contributed by atoms with Crippen LogP contribution in [0.4, 0.5) is 0 Å². The third-order valence-corrected chi connectivity index (χ3v) is 6.60. The van der Waals surface area contributed by atoms with Crippen molar-refractivity contribution in [1.82, 2.24) is 10.2 Å². The summed E-state index contributed by atoms with van der Waals surface area (Å²) in [6, 6.07) is 25.3. The number of furan rings is 1. The molecule has 4 aromatic rings. The Morgan fingerprint density at radius 2 is 1.52 bits per heavy atom. The first-order valence-corrected chi connectivity index (χ1v) is 13.0. The van der Waals surface area contributed by atoms with Crippen LogP contribution in [-0.2, 0) is 35.5 Å². The van der Waals surface area contributed by atoms with E-state index in [0.717, 1.165) is 16.7 Å². The van der Waals surface area contributed by atoms with E-state index in [4.69, 9.17) is 18.6 Å². The highest BCUT2D eigenvalue weighted by Crippen LogP contribution is 2.28. The van der Waals surface area contributed by atoms with Gasteiger partial charge >= 0.3 is 0 Å². The number of nitrogens with zero attached hydrogens (tertiary/aromatic N) is 1. The molecular weight excluding hydrogens is 508 g/mol. The lowest BCUT2D eigenvalue weighted by Crippen LogP contribution is -2.50. The van der Waals surface area contributed by atoms with Crippen molar-refractivity contribution < 1.29 is 28.2 Å². The predicted octanol–water partition coefficient (Wildman–Crippen LogP) is 4.80.